The second kappa shape index (κ2) is 23.4. The molecule has 12 heteroatoms. The summed E-state index contributed by atoms with van der Waals surface area (Å²) in [5.74, 6) is -2.30. The van der Waals surface area contributed by atoms with Gasteiger partial charge in [0.05, 0.1) is 0 Å². The highest BCUT2D eigenvalue weighted by atomic mass is 16.5. The van der Waals surface area contributed by atoms with Crippen molar-refractivity contribution in [2.24, 2.45) is 5.92 Å². The Labute approximate surface area is 380 Å². The molecule has 1 aliphatic rings. The van der Waals surface area contributed by atoms with Crippen molar-refractivity contribution in [3.8, 4) is 0 Å². The molecule has 0 aromatic heterocycles. The Hall–Kier alpha value is -7.34. The highest BCUT2D eigenvalue weighted by molar-refractivity contribution is 6.02. The quantitative estimate of drug-likeness (QED) is 0.0478. The zero-order chi connectivity index (χ0) is 46.0. The van der Waals surface area contributed by atoms with Crippen LogP contribution in [-0.2, 0) is 47.3 Å². The van der Waals surface area contributed by atoms with Crippen molar-refractivity contribution in [2.75, 3.05) is 6.54 Å². The molecule has 1 aliphatic heterocycles. The predicted molar refractivity (Wildman–Crippen MR) is 249 cm³/mol. The van der Waals surface area contributed by atoms with E-state index in [4.69, 9.17) is 4.74 Å². The Morgan fingerprint density at radius 2 is 1.17 bits per heavy atom. The number of benzene rings is 5. The predicted octanol–water partition coefficient (Wildman–Crippen LogP) is 7.13. The van der Waals surface area contributed by atoms with E-state index in [1.54, 1.807) is 0 Å². The maximum atomic E-state index is 14.5. The highest BCUT2D eigenvalue weighted by Crippen LogP contribution is 2.37. The van der Waals surface area contributed by atoms with Crippen LogP contribution >= 0.6 is 0 Å². The molecule has 65 heavy (non-hydrogen) atoms. The molecule has 1 fully saturated rings. The van der Waals surface area contributed by atoms with Crippen LogP contribution in [0.2, 0.25) is 0 Å². The number of carbonyl (C=O) groups is 6. The first-order chi connectivity index (χ1) is 31.5. The molecule has 6 rings (SSSR count). The Bertz CT molecular complexity index is 2280. The van der Waals surface area contributed by atoms with Gasteiger partial charge in [0.2, 0.25) is 23.6 Å². The third-order valence-electron chi connectivity index (χ3n) is 11.2. The van der Waals surface area contributed by atoms with Gasteiger partial charge in [0.25, 0.3) is 5.91 Å². The third kappa shape index (κ3) is 13.3. The molecule has 5 aromatic rings. The van der Waals surface area contributed by atoms with Crippen molar-refractivity contribution < 1.29 is 33.5 Å². The van der Waals surface area contributed by atoms with Crippen LogP contribution in [0.3, 0.4) is 0 Å². The van der Waals surface area contributed by atoms with Gasteiger partial charge < -0.3 is 26.0 Å². The number of rotatable bonds is 20. The summed E-state index contributed by atoms with van der Waals surface area (Å²) >= 11 is 0. The van der Waals surface area contributed by atoms with Crippen LogP contribution < -0.4 is 21.3 Å². The minimum Gasteiger partial charge on any atom is -0.445 e. The van der Waals surface area contributed by atoms with Crippen molar-refractivity contribution in [2.45, 2.75) is 82.6 Å². The average molecular weight is 876 g/mol. The lowest BCUT2D eigenvalue weighted by Gasteiger charge is -2.37. The number of imide groups is 1. The van der Waals surface area contributed by atoms with Gasteiger partial charge in [-0.05, 0) is 53.0 Å². The van der Waals surface area contributed by atoms with Crippen LogP contribution in [0.4, 0.5) is 4.79 Å². The molecule has 0 radical (unpaired) electrons. The molecule has 1 saturated heterocycles. The molecule has 0 saturated carbocycles. The van der Waals surface area contributed by atoms with Crippen molar-refractivity contribution >= 4 is 35.6 Å². The molecule has 5 aromatic carbocycles. The molecule has 0 spiro atoms. The van der Waals surface area contributed by atoms with Crippen molar-refractivity contribution in [1.29, 1.82) is 0 Å². The maximum Gasteiger partial charge on any atom is 0.408 e. The van der Waals surface area contributed by atoms with Crippen LogP contribution in [0, 0.1) is 5.92 Å². The van der Waals surface area contributed by atoms with Gasteiger partial charge in [-0.3, -0.25) is 28.9 Å². The molecular weight excluding hydrogens is 819 g/mol. The van der Waals surface area contributed by atoms with Gasteiger partial charge in [-0.2, -0.15) is 0 Å². The maximum absolute atomic E-state index is 14.5. The number of ether oxygens (including phenoxy) is 1. The minimum absolute atomic E-state index is 0.00771. The van der Waals surface area contributed by atoms with Gasteiger partial charge in [-0.25, -0.2) is 4.79 Å². The normalized spacial score (nSPS) is 14.0. The molecule has 1 heterocycles. The van der Waals surface area contributed by atoms with E-state index in [0.717, 1.165) is 27.8 Å². The summed E-state index contributed by atoms with van der Waals surface area (Å²) in [7, 11) is 0. The lowest BCUT2D eigenvalue weighted by molar-refractivity contribution is -0.138. The van der Waals surface area contributed by atoms with Crippen molar-refractivity contribution in [3.63, 3.8) is 0 Å². The van der Waals surface area contributed by atoms with Gasteiger partial charge in [-0.1, -0.05) is 172 Å². The van der Waals surface area contributed by atoms with Gasteiger partial charge in [0.15, 0.2) is 0 Å². The van der Waals surface area contributed by atoms with E-state index in [2.05, 4.69) is 21.3 Å². The number of nitrogens with zero attached hydrogens (tertiary/aromatic N) is 1. The molecule has 0 aliphatic carbocycles. The summed E-state index contributed by atoms with van der Waals surface area (Å²) in [5.41, 5.74) is 2.98. The second-order valence-electron chi connectivity index (χ2n) is 16.5. The van der Waals surface area contributed by atoms with Crippen molar-refractivity contribution in [1.82, 2.24) is 26.2 Å². The first-order valence-corrected chi connectivity index (χ1v) is 22.1. The van der Waals surface area contributed by atoms with Crippen LogP contribution in [0.1, 0.15) is 73.8 Å². The van der Waals surface area contributed by atoms with Gasteiger partial charge in [-0.15, -0.1) is 0 Å². The lowest BCUT2D eigenvalue weighted by Crippen LogP contribution is -2.56. The number of hydrogen-bond donors (Lipinski definition) is 4. The Morgan fingerprint density at radius 3 is 1.68 bits per heavy atom. The smallest absolute Gasteiger partial charge is 0.408 e. The van der Waals surface area contributed by atoms with Gasteiger partial charge in [0, 0.05) is 37.9 Å². The zero-order valence-corrected chi connectivity index (χ0v) is 36.9. The topological polar surface area (TPSA) is 163 Å². The Morgan fingerprint density at radius 1 is 0.662 bits per heavy atom. The zero-order valence-electron chi connectivity index (χ0n) is 36.9. The summed E-state index contributed by atoms with van der Waals surface area (Å²) < 4.78 is 5.43. The van der Waals surface area contributed by atoms with Crippen LogP contribution in [0.15, 0.2) is 164 Å². The van der Waals surface area contributed by atoms with Gasteiger partial charge >= 0.3 is 6.09 Å². The Kier molecular flexibility index (Phi) is 17.0. The molecule has 6 amide bonds. The summed E-state index contributed by atoms with van der Waals surface area (Å²) in [6.07, 6.45) is 3.12. The van der Waals surface area contributed by atoms with E-state index in [-0.39, 0.29) is 56.4 Å². The fourth-order valence-electron chi connectivity index (χ4n) is 7.95. The monoisotopic (exact) mass is 875 g/mol. The summed E-state index contributed by atoms with van der Waals surface area (Å²) in [4.78, 5) is 82.8. The number of hydrogen-bond acceptors (Lipinski definition) is 7. The van der Waals surface area contributed by atoms with E-state index in [0.29, 0.717) is 13.0 Å². The van der Waals surface area contributed by atoms with Crippen LogP contribution in [0.5, 0.6) is 0 Å². The lowest BCUT2D eigenvalue weighted by atomic mass is 9.77. The van der Waals surface area contributed by atoms with E-state index >= 15 is 0 Å². The molecule has 4 N–H and O–H groups in total. The standard InChI is InChI=1S/C53H57N5O7/c1-38(2)35-45(56-52(64)65-37-40-21-10-4-11-22-40)51(63)55-46(36-39-19-8-3-9-20-39)50(62)54-44(31-33-49(61)58-34-18-29-48(58)60)30-32-47(59)57-53(41-23-12-5-13-24-41,42-25-14-6-15-26-42)43-27-16-7-17-28-43/h3-17,19-28,31,33,38,44-46H,18,29-30,32,34-37H2,1-2H3,(H,54,62)(H,55,63)(H,56,64)(H,57,59)/b33-31+/t44-,45-,46-/m0/s1. The number of nitrogens with one attached hydrogen (secondary N) is 4. The van der Waals surface area contributed by atoms with E-state index < -0.39 is 47.5 Å². The van der Waals surface area contributed by atoms with Crippen molar-refractivity contribution in [3.05, 3.63) is 192 Å². The van der Waals surface area contributed by atoms with E-state index in [1.165, 1.54) is 17.1 Å². The molecule has 0 unspecified atom stereocenters. The molecule has 12 nitrogen and oxygen atoms in total. The second-order valence-corrected chi connectivity index (χ2v) is 16.5. The van der Waals surface area contributed by atoms with E-state index in [1.807, 2.05) is 166 Å². The van der Waals surface area contributed by atoms with Crippen LogP contribution in [-0.4, -0.2) is 65.2 Å². The number of alkyl carbamates (subject to hydrolysis) is 1. The fraction of sp³-hybridized carbons (Fsp3) is 0.283. The highest BCUT2D eigenvalue weighted by Gasteiger charge is 2.38. The van der Waals surface area contributed by atoms with Crippen LogP contribution in [0.25, 0.3) is 0 Å². The molecule has 0 bridgehead atoms. The first kappa shape index (κ1) is 47.1. The SMILES string of the molecule is CC(C)C[C@H](NC(=O)OCc1ccccc1)C(=O)N[C@@H](Cc1ccccc1)C(=O)N[C@H](/C=C/C(=O)N1CCCC1=O)CCC(=O)NC(c1ccccc1)(c1ccccc1)c1ccccc1. The first-order valence-electron chi connectivity index (χ1n) is 22.1. The molecule has 336 valence electrons. The fourth-order valence-corrected chi connectivity index (χ4v) is 7.95. The largest absolute Gasteiger partial charge is 0.445 e. The van der Waals surface area contributed by atoms with E-state index in [9.17, 15) is 28.8 Å². The number of amides is 6. The minimum atomic E-state index is -1.14. The molecule has 3 atom stereocenters. The Balaban J connectivity index is 1.25. The number of carbonyl (C=O) groups excluding carboxylic acids is 6. The summed E-state index contributed by atoms with van der Waals surface area (Å²) in [6, 6.07) is 44.3. The third-order valence-corrected chi connectivity index (χ3v) is 11.2. The van der Waals surface area contributed by atoms with Gasteiger partial charge in [0.1, 0.15) is 24.2 Å². The molecular formula is C53H57N5O7. The number of likely N-dealkylation sites (tertiary alicyclic amines) is 1. The summed E-state index contributed by atoms with van der Waals surface area (Å²) in [5, 5.41) is 11.9. The summed E-state index contributed by atoms with van der Waals surface area (Å²) in [6.45, 7) is 4.13. The average Bonchev–Trinajstić information content (AvgIpc) is 3.77.